The summed E-state index contributed by atoms with van der Waals surface area (Å²) in [5.74, 6) is -2.99. The largest absolute Gasteiger partial charge is 0.480 e. The van der Waals surface area contributed by atoms with E-state index < -0.39 is 48.8 Å². The maximum atomic E-state index is 12.6. The molecule has 1 unspecified atom stereocenters. The average Bonchev–Trinajstić information content (AvgIpc) is 3.39. The summed E-state index contributed by atoms with van der Waals surface area (Å²) in [6.45, 7) is 0.124. The summed E-state index contributed by atoms with van der Waals surface area (Å²) < 4.78 is 30.8. The number of nitrogens with one attached hydrogen (secondary N) is 2. The van der Waals surface area contributed by atoms with Crippen LogP contribution in [0.4, 0.5) is 13.6 Å². The van der Waals surface area contributed by atoms with Gasteiger partial charge in [-0.15, -0.1) is 0 Å². The normalized spacial score (nSPS) is 19.9. The summed E-state index contributed by atoms with van der Waals surface area (Å²) >= 11 is 0. The summed E-state index contributed by atoms with van der Waals surface area (Å²) in [6, 6.07) is 13.7. The first-order chi connectivity index (χ1) is 16.3. The molecule has 3 N–H and O–H groups in total. The van der Waals surface area contributed by atoms with E-state index in [4.69, 9.17) is 9.84 Å². The molecule has 9 heteroatoms. The zero-order valence-corrected chi connectivity index (χ0v) is 18.4. The first-order valence-corrected chi connectivity index (χ1v) is 11.3. The minimum Gasteiger partial charge on any atom is -0.480 e. The lowest BCUT2D eigenvalue weighted by Crippen LogP contribution is -2.49. The third kappa shape index (κ3) is 5.03. The van der Waals surface area contributed by atoms with E-state index >= 15 is 0 Å². The number of rotatable bonds is 8. The van der Waals surface area contributed by atoms with Crippen LogP contribution in [-0.2, 0) is 14.3 Å². The lowest BCUT2D eigenvalue weighted by Gasteiger charge is -2.23. The molecule has 34 heavy (non-hydrogen) atoms. The molecular weight excluding hydrogens is 446 g/mol. The molecule has 0 saturated heterocycles. The number of amides is 2. The average molecular weight is 472 g/mol. The van der Waals surface area contributed by atoms with E-state index in [-0.39, 0.29) is 12.5 Å². The molecule has 2 aromatic carbocycles. The number of ether oxygens (including phenoxy) is 1. The summed E-state index contributed by atoms with van der Waals surface area (Å²) in [4.78, 5) is 36.3. The molecule has 0 bridgehead atoms. The number of benzene rings is 2. The quantitative estimate of drug-likeness (QED) is 0.540. The number of hydrogen-bond donors (Lipinski definition) is 3. The molecule has 1 saturated carbocycles. The molecule has 0 radical (unpaired) electrons. The number of carbonyl (C=O) groups excluding carboxylic acids is 2. The molecule has 0 aliphatic heterocycles. The fourth-order valence-corrected chi connectivity index (χ4v) is 4.92. The minimum atomic E-state index is -2.86. The van der Waals surface area contributed by atoms with Crippen LogP contribution in [0.2, 0.25) is 0 Å². The molecule has 1 fully saturated rings. The van der Waals surface area contributed by atoms with E-state index in [1.165, 1.54) is 0 Å². The van der Waals surface area contributed by atoms with Crippen molar-refractivity contribution in [3.8, 4) is 11.1 Å². The molecule has 4 rings (SSSR count). The third-order valence-corrected chi connectivity index (χ3v) is 6.53. The maximum absolute atomic E-state index is 12.6. The SMILES string of the molecule is O=C(N[C@@H]1CCC[C@@H]1C(=O)NC(CC(F)F)C(=O)O)OCC1c2ccccc2-c2ccccc21. The summed E-state index contributed by atoms with van der Waals surface area (Å²) in [7, 11) is 0. The van der Waals surface area contributed by atoms with Crippen LogP contribution < -0.4 is 10.6 Å². The number of aliphatic carboxylic acids is 1. The zero-order chi connectivity index (χ0) is 24.2. The fraction of sp³-hybridized carbons (Fsp3) is 0.400. The van der Waals surface area contributed by atoms with Crippen LogP contribution in [0, 0.1) is 5.92 Å². The number of alkyl carbamates (subject to hydrolysis) is 1. The number of carbonyl (C=O) groups is 3. The van der Waals surface area contributed by atoms with Crippen molar-refractivity contribution >= 4 is 18.0 Å². The van der Waals surface area contributed by atoms with Crippen LogP contribution in [0.25, 0.3) is 11.1 Å². The first kappa shape index (κ1) is 23.7. The Morgan fingerprint density at radius 2 is 1.62 bits per heavy atom. The lowest BCUT2D eigenvalue weighted by molar-refractivity contribution is -0.143. The Kier molecular flexibility index (Phi) is 7.09. The molecule has 0 heterocycles. The van der Waals surface area contributed by atoms with E-state index in [1.807, 2.05) is 48.5 Å². The van der Waals surface area contributed by atoms with Crippen molar-refractivity contribution in [1.29, 1.82) is 0 Å². The Balaban J connectivity index is 1.36. The second-order valence-electron chi connectivity index (χ2n) is 8.64. The van der Waals surface area contributed by atoms with Gasteiger partial charge in [0.1, 0.15) is 12.6 Å². The molecule has 7 nitrogen and oxygen atoms in total. The Morgan fingerprint density at radius 3 is 2.21 bits per heavy atom. The van der Waals surface area contributed by atoms with Gasteiger partial charge in [-0.05, 0) is 35.1 Å². The minimum absolute atomic E-state index is 0.105. The molecule has 0 aromatic heterocycles. The molecule has 180 valence electrons. The van der Waals surface area contributed by atoms with Crippen LogP contribution in [0.1, 0.15) is 42.7 Å². The van der Waals surface area contributed by atoms with Crippen molar-refractivity contribution in [2.24, 2.45) is 5.92 Å². The second-order valence-corrected chi connectivity index (χ2v) is 8.64. The Morgan fingerprint density at radius 1 is 1.00 bits per heavy atom. The van der Waals surface area contributed by atoms with Crippen molar-refractivity contribution < 1.29 is 33.0 Å². The van der Waals surface area contributed by atoms with Gasteiger partial charge in [-0.3, -0.25) is 4.79 Å². The Hall–Kier alpha value is -3.49. The zero-order valence-electron chi connectivity index (χ0n) is 18.4. The number of halogens is 2. The van der Waals surface area contributed by atoms with Crippen LogP contribution in [0.15, 0.2) is 48.5 Å². The van der Waals surface area contributed by atoms with Gasteiger partial charge < -0.3 is 20.5 Å². The van der Waals surface area contributed by atoms with Crippen LogP contribution >= 0.6 is 0 Å². The summed E-state index contributed by atoms with van der Waals surface area (Å²) in [5, 5.41) is 14.0. The Bertz CT molecular complexity index is 1030. The fourth-order valence-electron chi connectivity index (χ4n) is 4.92. The van der Waals surface area contributed by atoms with Crippen LogP contribution in [-0.4, -0.2) is 48.2 Å². The summed E-state index contributed by atoms with van der Waals surface area (Å²) in [6.07, 6.45) is -2.94. The second kappa shape index (κ2) is 10.2. The number of carboxylic acid groups (broad SMARTS) is 1. The molecule has 0 spiro atoms. The first-order valence-electron chi connectivity index (χ1n) is 11.3. The number of alkyl halides is 2. The monoisotopic (exact) mass is 472 g/mol. The highest BCUT2D eigenvalue weighted by molar-refractivity contribution is 5.86. The van der Waals surface area contributed by atoms with Crippen molar-refractivity contribution in [3.05, 3.63) is 59.7 Å². The highest BCUT2D eigenvalue weighted by Crippen LogP contribution is 2.44. The molecule has 2 aliphatic carbocycles. The van der Waals surface area contributed by atoms with Gasteiger partial charge in [0.2, 0.25) is 12.3 Å². The maximum Gasteiger partial charge on any atom is 0.407 e. The lowest BCUT2D eigenvalue weighted by atomic mass is 9.98. The third-order valence-electron chi connectivity index (χ3n) is 6.53. The molecular formula is C25H26F2N2O5. The number of hydrogen-bond acceptors (Lipinski definition) is 4. The molecule has 3 atom stereocenters. The smallest absolute Gasteiger partial charge is 0.407 e. The van der Waals surface area contributed by atoms with E-state index in [1.54, 1.807) is 0 Å². The van der Waals surface area contributed by atoms with Crippen molar-refractivity contribution in [3.63, 3.8) is 0 Å². The molecule has 2 aliphatic rings. The molecule has 2 amide bonds. The standard InChI is InChI=1S/C25H26F2N2O5/c26-22(27)12-21(24(31)32)28-23(30)18-10-5-11-20(18)29-25(33)34-13-19-16-8-3-1-6-14(16)15-7-2-4-9-17(15)19/h1-4,6-9,18-22H,5,10-13H2,(H,28,30)(H,29,33)(H,31,32)/t18-,20+,21?/m0/s1. The predicted molar refractivity (Wildman–Crippen MR) is 120 cm³/mol. The van der Waals surface area contributed by atoms with Crippen LogP contribution in [0.5, 0.6) is 0 Å². The van der Waals surface area contributed by atoms with Gasteiger partial charge in [0.05, 0.1) is 5.92 Å². The topological polar surface area (TPSA) is 105 Å². The predicted octanol–water partition coefficient (Wildman–Crippen LogP) is 3.92. The van der Waals surface area contributed by atoms with Crippen molar-refractivity contribution in [2.45, 2.75) is 50.1 Å². The van der Waals surface area contributed by atoms with E-state index in [0.717, 1.165) is 22.3 Å². The Labute approximate surface area is 195 Å². The highest BCUT2D eigenvalue weighted by Gasteiger charge is 2.37. The van der Waals surface area contributed by atoms with Gasteiger partial charge in [0, 0.05) is 18.4 Å². The van der Waals surface area contributed by atoms with Crippen molar-refractivity contribution in [2.75, 3.05) is 6.61 Å². The number of carboxylic acids is 1. The van der Waals surface area contributed by atoms with Crippen LogP contribution in [0.3, 0.4) is 0 Å². The highest BCUT2D eigenvalue weighted by atomic mass is 19.3. The molecule has 2 aromatic rings. The van der Waals surface area contributed by atoms with E-state index in [2.05, 4.69) is 10.6 Å². The van der Waals surface area contributed by atoms with Gasteiger partial charge >= 0.3 is 12.1 Å². The van der Waals surface area contributed by atoms with Gasteiger partial charge in [0.15, 0.2) is 0 Å². The van der Waals surface area contributed by atoms with Gasteiger partial charge in [-0.2, -0.15) is 0 Å². The van der Waals surface area contributed by atoms with Gasteiger partial charge in [-0.1, -0.05) is 55.0 Å². The van der Waals surface area contributed by atoms with E-state index in [9.17, 15) is 23.2 Å². The summed E-state index contributed by atoms with van der Waals surface area (Å²) in [5.41, 5.74) is 4.37. The number of fused-ring (bicyclic) bond motifs is 3. The van der Waals surface area contributed by atoms with Gasteiger partial charge in [-0.25, -0.2) is 18.4 Å². The van der Waals surface area contributed by atoms with Crippen molar-refractivity contribution in [1.82, 2.24) is 10.6 Å². The van der Waals surface area contributed by atoms with Gasteiger partial charge in [0.25, 0.3) is 0 Å². The van der Waals surface area contributed by atoms with E-state index in [0.29, 0.717) is 19.3 Å².